The van der Waals surface area contributed by atoms with Gasteiger partial charge in [-0.15, -0.1) is 0 Å². The number of benzene rings is 1. The molecule has 1 atom stereocenters. The van der Waals surface area contributed by atoms with Crippen molar-refractivity contribution in [2.45, 2.75) is 6.04 Å². The summed E-state index contributed by atoms with van der Waals surface area (Å²) >= 11 is 0. The van der Waals surface area contributed by atoms with Crippen LogP contribution in [-0.4, -0.2) is 55.4 Å². The number of para-hydroxylation sites is 1. The molecule has 6 nitrogen and oxygen atoms in total. The topological polar surface area (TPSA) is 85.0 Å². The molecular weight excluding hydrogens is 248 g/mol. The number of aromatic hydroxyl groups is 1. The first-order valence-corrected chi connectivity index (χ1v) is 6.13. The van der Waals surface area contributed by atoms with Crippen LogP contribution in [0, 0.1) is 0 Å². The van der Waals surface area contributed by atoms with E-state index in [1.165, 1.54) is 7.11 Å². The Kier molecular flexibility index (Phi) is 4.24. The van der Waals surface area contributed by atoms with Gasteiger partial charge in [-0.05, 0) is 12.1 Å². The van der Waals surface area contributed by atoms with Crippen LogP contribution in [0.3, 0.4) is 0 Å². The van der Waals surface area contributed by atoms with Gasteiger partial charge >= 0.3 is 0 Å². The predicted octanol–water partition coefficient (Wildman–Crippen LogP) is 0.201. The summed E-state index contributed by atoms with van der Waals surface area (Å²) in [6.07, 6.45) is 0. The number of hydrogen-bond acceptors (Lipinski definition) is 5. The van der Waals surface area contributed by atoms with Crippen molar-refractivity contribution in [1.82, 2.24) is 4.90 Å². The second-order valence-corrected chi connectivity index (χ2v) is 4.32. The Bertz CT molecular complexity index is 464. The summed E-state index contributed by atoms with van der Waals surface area (Å²) in [5.74, 6) is -0.115. The van der Waals surface area contributed by atoms with Gasteiger partial charge in [-0.2, -0.15) is 0 Å². The number of methoxy groups -OCH3 is 1. The maximum Gasteiger partial charge on any atom is 0.258 e. The Morgan fingerprint density at radius 1 is 1.63 bits per heavy atom. The van der Waals surface area contributed by atoms with Crippen LogP contribution in [0.2, 0.25) is 0 Å². The van der Waals surface area contributed by atoms with Gasteiger partial charge < -0.3 is 25.2 Å². The molecular formula is C13H18N2O4. The van der Waals surface area contributed by atoms with E-state index < -0.39 is 0 Å². The average molecular weight is 266 g/mol. The highest BCUT2D eigenvalue weighted by Crippen LogP contribution is 2.30. The van der Waals surface area contributed by atoms with E-state index >= 15 is 0 Å². The molecule has 1 aliphatic heterocycles. The number of amides is 1. The van der Waals surface area contributed by atoms with Gasteiger partial charge in [-0.25, -0.2) is 0 Å². The lowest BCUT2D eigenvalue weighted by molar-refractivity contribution is 0.000675. The molecule has 1 unspecified atom stereocenters. The Morgan fingerprint density at radius 2 is 2.42 bits per heavy atom. The minimum atomic E-state index is -0.254. The number of morpholine rings is 1. The molecule has 1 saturated heterocycles. The maximum absolute atomic E-state index is 12.5. The summed E-state index contributed by atoms with van der Waals surface area (Å²) < 4.78 is 10.3. The van der Waals surface area contributed by atoms with Crippen LogP contribution in [0.1, 0.15) is 10.4 Å². The summed E-state index contributed by atoms with van der Waals surface area (Å²) in [7, 11) is 1.45. The summed E-state index contributed by atoms with van der Waals surface area (Å²) in [6, 6.07) is 4.69. The largest absolute Gasteiger partial charge is 0.504 e. The number of rotatable bonds is 3. The Hall–Kier alpha value is -1.79. The lowest BCUT2D eigenvalue weighted by Crippen LogP contribution is -2.52. The van der Waals surface area contributed by atoms with Gasteiger partial charge in [0.05, 0.1) is 31.9 Å². The van der Waals surface area contributed by atoms with E-state index in [0.29, 0.717) is 26.3 Å². The van der Waals surface area contributed by atoms with Crippen molar-refractivity contribution in [3.8, 4) is 11.5 Å². The standard InChI is InChI=1S/C13H18N2O4/c1-18-11-4-2-3-10(12(11)16)13(17)15-5-6-19-8-9(15)7-14/h2-4,9,16H,5-8,14H2,1H3. The fourth-order valence-electron chi connectivity index (χ4n) is 2.13. The molecule has 1 aromatic carbocycles. The normalized spacial score (nSPS) is 19.3. The molecule has 6 heteroatoms. The number of ether oxygens (including phenoxy) is 2. The predicted molar refractivity (Wildman–Crippen MR) is 69.4 cm³/mol. The fourth-order valence-corrected chi connectivity index (χ4v) is 2.13. The smallest absolute Gasteiger partial charge is 0.258 e. The molecule has 104 valence electrons. The Balaban J connectivity index is 2.28. The highest BCUT2D eigenvalue weighted by atomic mass is 16.5. The first-order chi connectivity index (χ1) is 9.19. The molecule has 2 rings (SSSR count). The molecule has 0 radical (unpaired) electrons. The summed E-state index contributed by atoms with van der Waals surface area (Å²) in [5, 5.41) is 10.0. The molecule has 3 N–H and O–H groups in total. The van der Waals surface area contributed by atoms with Crippen LogP contribution >= 0.6 is 0 Å². The van der Waals surface area contributed by atoms with Crippen LogP contribution in [-0.2, 0) is 4.74 Å². The number of nitrogens with zero attached hydrogens (tertiary/aromatic N) is 1. The fraction of sp³-hybridized carbons (Fsp3) is 0.462. The number of phenolic OH excluding ortho intramolecular Hbond substituents is 1. The van der Waals surface area contributed by atoms with Crippen LogP contribution in [0.25, 0.3) is 0 Å². The van der Waals surface area contributed by atoms with Crippen molar-refractivity contribution < 1.29 is 19.4 Å². The lowest BCUT2D eigenvalue weighted by atomic mass is 10.1. The van der Waals surface area contributed by atoms with Gasteiger partial charge in [0.1, 0.15) is 0 Å². The van der Waals surface area contributed by atoms with Crippen molar-refractivity contribution in [2.75, 3.05) is 33.4 Å². The molecule has 1 aromatic rings. The number of carbonyl (C=O) groups excluding carboxylic acids is 1. The zero-order chi connectivity index (χ0) is 13.8. The number of carbonyl (C=O) groups is 1. The third-order valence-corrected chi connectivity index (χ3v) is 3.21. The molecule has 1 heterocycles. The van der Waals surface area contributed by atoms with E-state index in [1.807, 2.05) is 0 Å². The average Bonchev–Trinajstić information content (AvgIpc) is 2.46. The van der Waals surface area contributed by atoms with E-state index in [9.17, 15) is 9.90 Å². The van der Waals surface area contributed by atoms with Crippen LogP contribution in [0.5, 0.6) is 11.5 Å². The molecule has 0 spiro atoms. The van der Waals surface area contributed by atoms with Crippen LogP contribution in [0.4, 0.5) is 0 Å². The number of phenols is 1. The quantitative estimate of drug-likeness (QED) is 0.816. The first-order valence-electron chi connectivity index (χ1n) is 6.13. The van der Waals surface area contributed by atoms with Gasteiger partial charge in [0.15, 0.2) is 11.5 Å². The molecule has 0 bridgehead atoms. The Morgan fingerprint density at radius 3 is 3.11 bits per heavy atom. The monoisotopic (exact) mass is 266 g/mol. The molecule has 1 aliphatic rings. The summed E-state index contributed by atoms with van der Waals surface area (Å²) in [4.78, 5) is 14.1. The second kappa shape index (κ2) is 5.90. The second-order valence-electron chi connectivity index (χ2n) is 4.32. The van der Waals surface area contributed by atoms with Crippen molar-refractivity contribution >= 4 is 5.91 Å². The van der Waals surface area contributed by atoms with E-state index in [2.05, 4.69) is 0 Å². The van der Waals surface area contributed by atoms with E-state index in [1.54, 1.807) is 23.1 Å². The molecule has 1 fully saturated rings. The number of nitrogens with two attached hydrogens (primary N) is 1. The van der Waals surface area contributed by atoms with Gasteiger partial charge in [0.2, 0.25) is 0 Å². The third-order valence-electron chi connectivity index (χ3n) is 3.21. The van der Waals surface area contributed by atoms with Crippen molar-refractivity contribution in [3.05, 3.63) is 23.8 Å². The van der Waals surface area contributed by atoms with Crippen molar-refractivity contribution in [2.24, 2.45) is 5.73 Å². The summed E-state index contributed by atoms with van der Waals surface area (Å²) in [5.41, 5.74) is 5.86. The molecule has 1 amide bonds. The van der Waals surface area contributed by atoms with Crippen LogP contribution in [0.15, 0.2) is 18.2 Å². The van der Waals surface area contributed by atoms with E-state index in [0.717, 1.165) is 0 Å². The molecule has 0 aliphatic carbocycles. The lowest BCUT2D eigenvalue weighted by Gasteiger charge is -2.35. The van der Waals surface area contributed by atoms with Gasteiger partial charge in [0, 0.05) is 13.1 Å². The van der Waals surface area contributed by atoms with E-state index in [4.69, 9.17) is 15.2 Å². The minimum Gasteiger partial charge on any atom is -0.504 e. The van der Waals surface area contributed by atoms with Gasteiger partial charge in [0.25, 0.3) is 5.91 Å². The third kappa shape index (κ3) is 2.64. The highest BCUT2D eigenvalue weighted by molar-refractivity contribution is 5.98. The first kappa shape index (κ1) is 13.6. The van der Waals surface area contributed by atoms with Gasteiger partial charge in [-0.1, -0.05) is 6.07 Å². The van der Waals surface area contributed by atoms with Crippen LogP contribution < -0.4 is 10.5 Å². The number of hydrogen-bond donors (Lipinski definition) is 2. The van der Waals surface area contributed by atoms with Crippen molar-refractivity contribution in [3.63, 3.8) is 0 Å². The zero-order valence-corrected chi connectivity index (χ0v) is 10.8. The van der Waals surface area contributed by atoms with E-state index in [-0.39, 0.29) is 29.0 Å². The van der Waals surface area contributed by atoms with Gasteiger partial charge in [-0.3, -0.25) is 4.79 Å². The SMILES string of the molecule is COc1cccc(C(=O)N2CCOCC2CN)c1O. The maximum atomic E-state index is 12.5. The molecule has 0 aromatic heterocycles. The Labute approximate surface area is 111 Å². The molecule has 0 saturated carbocycles. The van der Waals surface area contributed by atoms with Crippen molar-refractivity contribution in [1.29, 1.82) is 0 Å². The molecule has 19 heavy (non-hydrogen) atoms. The highest BCUT2D eigenvalue weighted by Gasteiger charge is 2.29. The summed E-state index contributed by atoms with van der Waals surface area (Å²) in [6.45, 7) is 1.70. The zero-order valence-electron chi connectivity index (χ0n) is 10.8. The minimum absolute atomic E-state index is 0.141.